The molecule has 0 saturated carbocycles. The van der Waals surface area contributed by atoms with Crippen molar-refractivity contribution >= 4 is 10.1 Å². The molecule has 6 heteroatoms. The fourth-order valence-corrected chi connectivity index (χ4v) is 4.48. The molecular formula is C21H43KO4S. The summed E-state index contributed by atoms with van der Waals surface area (Å²) < 4.78 is 34.4. The van der Waals surface area contributed by atoms with Gasteiger partial charge in [-0.25, -0.2) is 8.42 Å². The van der Waals surface area contributed by atoms with Crippen molar-refractivity contribution in [2.24, 2.45) is 0 Å². The third-order valence-corrected chi connectivity index (χ3v) is 6.54. The van der Waals surface area contributed by atoms with Gasteiger partial charge < -0.3 is 9.66 Å². The molecule has 0 radical (unpaired) electrons. The van der Waals surface area contributed by atoms with E-state index in [9.17, 15) is 18.1 Å². The van der Waals surface area contributed by atoms with Gasteiger partial charge in [0.15, 0.2) is 0 Å². The van der Waals surface area contributed by atoms with Gasteiger partial charge in [-0.3, -0.25) is 0 Å². The van der Waals surface area contributed by atoms with Crippen LogP contribution in [0, 0.1) is 0 Å². The average Bonchev–Trinajstić information content (AvgIpc) is 2.58. The molecule has 158 valence electrons. The van der Waals surface area contributed by atoms with Gasteiger partial charge in [0.05, 0.1) is 11.4 Å². The standard InChI is InChI=1S/C21H44O4S.K/c1-3-5-7-9-10-11-12-13-14-15-17-19-21(26(23,24)25)20(22)18-16-8-6-4-2;/h20-22H,3-19H2,1-2H3,(H,23,24,25);/q;+1/p-1. The van der Waals surface area contributed by atoms with E-state index in [0.29, 0.717) is 19.3 Å². The van der Waals surface area contributed by atoms with Crippen molar-refractivity contribution in [3.05, 3.63) is 0 Å². The Balaban J connectivity index is 0. The maximum absolute atomic E-state index is 11.5. The Morgan fingerprint density at radius 1 is 0.667 bits per heavy atom. The summed E-state index contributed by atoms with van der Waals surface area (Å²) in [5.74, 6) is 0. The Bertz CT molecular complexity index is 401. The van der Waals surface area contributed by atoms with Crippen molar-refractivity contribution in [1.29, 1.82) is 0 Å². The zero-order valence-electron chi connectivity index (χ0n) is 18.3. The van der Waals surface area contributed by atoms with E-state index in [-0.39, 0.29) is 51.4 Å². The van der Waals surface area contributed by atoms with Crippen molar-refractivity contribution in [2.75, 3.05) is 0 Å². The Hall–Kier alpha value is 1.51. The van der Waals surface area contributed by atoms with Crippen LogP contribution in [0.5, 0.6) is 0 Å². The second-order valence-electron chi connectivity index (χ2n) is 7.77. The molecule has 0 aromatic heterocycles. The van der Waals surface area contributed by atoms with Gasteiger partial charge in [0.25, 0.3) is 0 Å². The molecule has 27 heavy (non-hydrogen) atoms. The van der Waals surface area contributed by atoms with E-state index in [4.69, 9.17) is 0 Å². The molecule has 0 rings (SSSR count). The molecule has 1 N–H and O–H groups in total. The Morgan fingerprint density at radius 2 is 1.00 bits per heavy atom. The molecule has 0 aliphatic heterocycles. The monoisotopic (exact) mass is 430 g/mol. The van der Waals surface area contributed by atoms with Crippen molar-refractivity contribution in [3.8, 4) is 0 Å². The largest absolute Gasteiger partial charge is 1.00 e. The second kappa shape index (κ2) is 20.8. The number of hydrogen-bond donors (Lipinski definition) is 1. The summed E-state index contributed by atoms with van der Waals surface area (Å²) in [6.07, 6.45) is 16.8. The Kier molecular flexibility index (Phi) is 23.6. The minimum Gasteiger partial charge on any atom is -0.748 e. The smallest absolute Gasteiger partial charge is 0.748 e. The zero-order chi connectivity index (χ0) is 19.7. The van der Waals surface area contributed by atoms with Crippen LogP contribution in [-0.4, -0.2) is 29.4 Å². The summed E-state index contributed by atoms with van der Waals surface area (Å²) >= 11 is 0. The fraction of sp³-hybridized carbons (Fsp3) is 1.00. The zero-order valence-corrected chi connectivity index (χ0v) is 22.2. The summed E-state index contributed by atoms with van der Waals surface area (Å²) in [7, 11) is -4.42. The molecule has 0 fully saturated rings. The Labute approximate surface area is 211 Å². The van der Waals surface area contributed by atoms with Crippen LogP contribution in [0.15, 0.2) is 0 Å². The van der Waals surface area contributed by atoms with E-state index < -0.39 is 21.5 Å². The molecule has 0 heterocycles. The summed E-state index contributed by atoms with van der Waals surface area (Å²) in [5, 5.41) is 9.00. The fourth-order valence-electron chi connectivity index (χ4n) is 3.50. The van der Waals surface area contributed by atoms with Gasteiger partial charge in [-0.1, -0.05) is 110 Å². The molecule has 0 aromatic rings. The van der Waals surface area contributed by atoms with E-state index >= 15 is 0 Å². The number of hydrogen-bond acceptors (Lipinski definition) is 4. The van der Waals surface area contributed by atoms with E-state index in [1.165, 1.54) is 51.4 Å². The van der Waals surface area contributed by atoms with Crippen LogP contribution in [0.25, 0.3) is 0 Å². The molecular weight excluding hydrogens is 387 g/mol. The quantitative estimate of drug-likeness (QED) is 0.194. The SMILES string of the molecule is CCCCCCCCCCCCCC(C(O)CCCCCC)S(=O)(=O)[O-].[K+]. The number of unbranched alkanes of at least 4 members (excludes halogenated alkanes) is 13. The minimum absolute atomic E-state index is 0. The molecule has 0 aliphatic carbocycles. The van der Waals surface area contributed by atoms with Crippen LogP contribution in [0.3, 0.4) is 0 Å². The molecule has 0 saturated heterocycles. The molecule has 2 unspecified atom stereocenters. The van der Waals surface area contributed by atoms with Crippen LogP contribution in [0.1, 0.15) is 123 Å². The first-order chi connectivity index (χ1) is 12.4. The van der Waals surface area contributed by atoms with Crippen LogP contribution in [0.4, 0.5) is 0 Å². The van der Waals surface area contributed by atoms with Crippen LogP contribution < -0.4 is 51.4 Å². The van der Waals surface area contributed by atoms with Crippen molar-refractivity contribution in [1.82, 2.24) is 0 Å². The maximum atomic E-state index is 11.5. The first-order valence-electron chi connectivity index (χ1n) is 11.1. The van der Waals surface area contributed by atoms with E-state index in [2.05, 4.69) is 13.8 Å². The third kappa shape index (κ3) is 19.2. The van der Waals surface area contributed by atoms with Crippen molar-refractivity contribution in [3.63, 3.8) is 0 Å². The van der Waals surface area contributed by atoms with Crippen LogP contribution >= 0.6 is 0 Å². The molecule has 0 aromatic carbocycles. The number of aliphatic hydroxyl groups is 1. The van der Waals surface area contributed by atoms with E-state index in [0.717, 1.165) is 38.5 Å². The summed E-state index contributed by atoms with van der Waals surface area (Å²) in [5.41, 5.74) is 0. The topological polar surface area (TPSA) is 77.4 Å². The molecule has 0 amide bonds. The normalized spacial score (nSPS) is 13.9. The second-order valence-corrected chi connectivity index (χ2v) is 9.36. The van der Waals surface area contributed by atoms with Crippen molar-refractivity contribution in [2.45, 2.75) is 134 Å². The number of rotatable bonds is 19. The maximum Gasteiger partial charge on any atom is 1.00 e. The van der Waals surface area contributed by atoms with E-state index in [1.54, 1.807) is 0 Å². The van der Waals surface area contributed by atoms with Gasteiger partial charge in [-0.05, 0) is 12.8 Å². The van der Waals surface area contributed by atoms with E-state index in [1.807, 2.05) is 0 Å². The average molecular weight is 431 g/mol. The molecule has 2 atom stereocenters. The molecule has 4 nitrogen and oxygen atoms in total. The first-order valence-corrected chi connectivity index (χ1v) is 12.5. The van der Waals surface area contributed by atoms with Gasteiger partial charge in [-0.2, -0.15) is 0 Å². The predicted molar refractivity (Wildman–Crippen MR) is 109 cm³/mol. The van der Waals surface area contributed by atoms with Crippen molar-refractivity contribution < 1.29 is 69.5 Å². The molecule has 0 aliphatic rings. The number of aliphatic hydroxyl groups excluding tert-OH is 1. The minimum atomic E-state index is -4.42. The summed E-state index contributed by atoms with van der Waals surface area (Å²) in [6.45, 7) is 4.34. The van der Waals surface area contributed by atoms with Gasteiger partial charge in [0.2, 0.25) is 0 Å². The Morgan fingerprint density at radius 3 is 1.41 bits per heavy atom. The van der Waals surface area contributed by atoms with Crippen LogP contribution in [-0.2, 0) is 10.1 Å². The van der Waals surface area contributed by atoms with Gasteiger partial charge in [-0.15, -0.1) is 0 Å². The summed E-state index contributed by atoms with van der Waals surface area (Å²) in [6, 6.07) is 0. The van der Waals surface area contributed by atoms with Gasteiger partial charge in [0, 0.05) is 0 Å². The molecule has 0 spiro atoms. The molecule has 0 bridgehead atoms. The predicted octanol–water partition coefficient (Wildman–Crippen LogP) is 2.94. The van der Waals surface area contributed by atoms with Crippen LogP contribution in [0.2, 0.25) is 0 Å². The first kappa shape index (κ1) is 30.7. The third-order valence-electron chi connectivity index (χ3n) is 5.25. The van der Waals surface area contributed by atoms with Gasteiger partial charge in [0.1, 0.15) is 10.1 Å². The summed E-state index contributed by atoms with van der Waals surface area (Å²) in [4.78, 5) is 0. The van der Waals surface area contributed by atoms with Gasteiger partial charge >= 0.3 is 51.4 Å².